The lowest BCUT2D eigenvalue weighted by atomic mass is 9.97. The van der Waals surface area contributed by atoms with E-state index in [1.54, 1.807) is 0 Å². The summed E-state index contributed by atoms with van der Waals surface area (Å²) in [7, 11) is 0. The molecule has 0 aliphatic carbocycles. The molecule has 90 heavy (non-hydrogen) atoms. The summed E-state index contributed by atoms with van der Waals surface area (Å²) in [6, 6.07) is -0.830. The van der Waals surface area contributed by atoms with Crippen LogP contribution in [0.25, 0.3) is 0 Å². The van der Waals surface area contributed by atoms with E-state index < -0.39 is 86.8 Å². The lowest BCUT2D eigenvalue weighted by Gasteiger charge is -2.46. The van der Waals surface area contributed by atoms with Crippen molar-refractivity contribution in [1.29, 1.82) is 0 Å². The zero-order valence-electron chi connectivity index (χ0n) is 57.1. The van der Waals surface area contributed by atoms with Crippen LogP contribution in [0.3, 0.4) is 0 Å². The van der Waals surface area contributed by atoms with Gasteiger partial charge in [-0.15, -0.1) is 0 Å². The van der Waals surface area contributed by atoms with E-state index in [0.29, 0.717) is 12.8 Å². The van der Waals surface area contributed by atoms with E-state index in [-0.39, 0.29) is 12.5 Å². The van der Waals surface area contributed by atoms with Gasteiger partial charge in [-0.2, -0.15) is 0 Å². The highest BCUT2D eigenvalue weighted by atomic mass is 16.7. The summed E-state index contributed by atoms with van der Waals surface area (Å²) in [5, 5.41) is 87.6. The summed E-state index contributed by atoms with van der Waals surface area (Å²) < 4.78 is 22.9. The molecular formula is C76H137NO13. The first-order chi connectivity index (χ1) is 44.1. The van der Waals surface area contributed by atoms with Crippen LogP contribution in [0.4, 0.5) is 0 Å². The Morgan fingerprint density at radius 1 is 0.411 bits per heavy atom. The number of carbonyl (C=O) groups excluding carboxylic acids is 1. The second kappa shape index (κ2) is 60.1. The Balaban J connectivity index is 1.57. The Bertz CT molecular complexity index is 1790. The van der Waals surface area contributed by atoms with Gasteiger partial charge in [-0.3, -0.25) is 4.79 Å². The molecule has 0 aromatic rings. The molecule has 14 nitrogen and oxygen atoms in total. The zero-order chi connectivity index (χ0) is 65.2. The van der Waals surface area contributed by atoms with Gasteiger partial charge in [0.05, 0.1) is 32.0 Å². The zero-order valence-corrected chi connectivity index (χ0v) is 57.1. The Morgan fingerprint density at radius 2 is 0.767 bits per heavy atom. The van der Waals surface area contributed by atoms with Crippen LogP contribution in [0, 0.1) is 0 Å². The Hall–Kier alpha value is -2.57. The molecule has 2 rings (SSSR count). The molecule has 0 spiro atoms. The van der Waals surface area contributed by atoms with Crippen LogP contribution in [0.1, 0.15) is 309 Å². The molecule has 2 fully saturated rings. The predicted molar refractivity (Wildman–Crippen MR) is 369 cm³/mol. The third-order valence-corrected chi connectivity index (χ3v) is 17.9. The van der Waals surface area contributed by atoms with Crippen LogP contribution in [0.2, 0.25) is 0 Å². The van der Waals surface area contributed by atoms with Crippen molar-refractivity contribution in [2.24, 2.45) is 0 Å². The second-order valence-electron chi connectivity index (χ2n) is 26.0. The number of aliphatic hydroxyl groups is 8. The first-order valence-corrected chi connectivity index (χ1v) is 37.2. The predicted octanol–water partition coefficient (Wildman–Crippen LogP) is 15.8. The highest BCUT2D eigenvalue weighted by molar-refractivity contribution is 5.76. The molecule has 0 radical (unpaired) electrons. The summed E-state index contributed by atoms with van der Waals surface area (Å²) in [5.74, 6) is -0.203. The van der Waals surface area contributed by atoms with E-state index >= 15 is 0 Å². The van der Waals surface area contributed by atoms with Crippen molar-refractivity contribution in [2.75, 3.05) is 19.8 Å². The van der Waals surface area contributed by atoms with Gasteiger partial charge in [-0.25, -0.2) is 0 Å². The molecule has 0 aromatic heterocycles. The van der Waals surface area contributed by atoms with E-state index in [1.165, 1.54) is 193 Å². The largest absolute Gasteiger partial charge is 0.394 e. The van der Waals surface area contributed by atoms with E-state index in [1.807, 2.05) is 0 Å². The van der Waals surface area contributed by atoms with Crippen LogP contribution >= 0.6 is 0 Å². The number of unbranched alkanes of at least 4 members (excludes halogenated alkanes) is 36. The normalized spacial score (nSPS) is 23.3. The van der Waals surface area contributed by atoms with Gasteiger partial charge in [-0.05, 0) is 64.2 Å². The van der Waals surface area contributed by atoms with Crippen molar-refractivity contribution in [3.8, 4) is 0 Å². The fourth-order valence-electron chi connectivity index (χ4n) is 12.1. The number of allylic oxidation sites excluding steroid dienone is 12. The smallest absolute Gasteiger partial charge is 0.220 e. The molecule has 12 unspecified atom stereocenters. The monoisotopic (exact) mass is 1270 g/mol. The average Bonchev–Trinajstić information content (AvgIpc) is 1.04. The van der Waals surface area contributed by atoms with Gasteiger partial charge < -0.3 is 65.1 Å². The fraction of sp³-hybridized carbons (Fsp3) is 0.829. The minimum atomic E-state index is -1.78. The fourth-order valence-corrected chi connectivity index (χ4v) is 12.1. The number of nitrogens with one attached hydrogen (secondary N) is 1. The molecular weight excluding hydrogens is 1130 g/mol. The van der Waals surface area contributed by atoms with E-state index in [2.05, 4.69) is 92.1 Å². The van der Waals surface area contributed by atoms with Crippen molar-refractivity contribution >= 4 is 5.91 Å². The van der Waals surface area contributed by atoms with Gasteiger partial charge in [0.25, 0.3) is 0 Å². The number of amides is 1. The quantitative estimate of drug-likeness (QED) is 0.0204. The molecule has 524 valence electrons. The van der Waals surface area contributed by atoms with Crippen molar-refractivity contribution in [3.05, 3.63) is 72.9 Å². The molecule has 2 saturated heterocycles. The summed E-state index contributed by atoms with van der Waals surface area (Å²) >= 11 is 0. The van der Waals surface area contributed by atoms with E-state index in [4.69, 9.17) is 18.9 Å². The maximum Gasteiger partial charge on any atom is 0.220 e. The second-order valence-corrected chi connectivity index (χ2v) is 26.0. The van der Waals surface area contributed by atoms with Gasteiger partial charge in [0, 0.05) is 6.42 Å². The first kappa shape index (κ1) is 83.5. The summed E-state index contributed by atoms with van der Waals surface area (Å²) in [6.07, 6.45) is 65.0. The van der Waals surface area contributed by atoms with Gasteiger partial charge >= 0.3 is 0 Å². The Labute approximate surface area is 548 Å². The number of aliphatic hydroxyl groups excluding tert-OH is 8. The topological polar surface area (TPSA) is 228 Å². The minimum Gasteiger partial charge on any atom is -0.394 e. The lowest BCUT2D eigenvalue weighted by molar-refractivity contribution is -0.359. The summed E-state index contributed by atoms with van der Waals surface area (Å²) in [5.41, 5.74) is 0. The minimum absolute atomic E-state index is 0.203. The molecule has 0 bridgehead atoms. The number of carbonyl (C=O) groups is 1. The third-order valence-electron chi connectivity index (χ3n) is 17.9. The van der Waals surface area contributed by atoms with Crippen LogP contribution in [-0.2, 0) is 23.7 Å². The standard InChI is InChI=1S/C76H137NO13/c1-3-5-7-9-11-13-15-17-19-21-22-23-24-25-26-27-28-29-30-31-32-33-34-35-36-37-38-39-40-41-42-44-46-48-50-52-54-56-58-60-68(81)77-64(65(80)59-57-55-53-51-49-47-45-43-20-18-16-14-12-10-8-6-4-2)63-87-75-73(86)71(84)74(67(62-79)89-75)90-76-72(85)70(83)69(82)66(61-78)88-76/h5,7,11,13,17,19,22-23,25-26,28-29,64-67,69-76,78-80,82-86H,3-4,6,8-10,12,14-16,18,20-21,24,27,30-63H2,1-2H3,(H,77,81)/b7-5-,13-11-,19-17-,23-22-,26-25-,29-28-. The van der Waals surface area contributed by atoms with Crippen LogP contribution in [0.15, 0.2) is 72.9 Å². The van der Waals surface area contributed by atoms with E-state index in [0.717, 1.165) is 89.9 Å². The number of hydrogen-bond donors (Lipinski definition) is 9. The Kier molecular flexibility index (Phi) is 55.8. The maximum atomic E-state index is 13.4. The summed E-state index contributed by atoms with van der Waals surface area (Å²) in [6.45, 7) is 2.78. The highest BCUT2D eigenvalue weighted by Crippen LogP contribution is 2.30. The van der Waals surface area contributed by atoms with Gasteiger partial charge in [-0.1, -0.05) is 311 Å². The van der Waals surface area contributed by atoms with Crippen molar-refractivity contribution < 1.29 is 64.6 Å². The molecule has 2 aliphatic rings. The molecule has 2 heterocycles. The highest BCUT2D eigenvalue weighted by Gasteiger charge is 2.51. The molecule has 9 N–H and O–H groups in total. The number of rotatable bonds is 61. The van der Waals surface area contributed by atoms with E-state index in [9.17, 15) is 45.6 Å². The average molecular weight is 1270 g/mol. The number of hydrogen-bond acceptors (Lipinski definition) is 13. The first-order valence-electron chi connectivity index (χ1n) is 37.2. The lowest BCUT2D eigenvalue weighted by Crippen LogP contribution is -2.65. The van der Waals surface area contributed by atoms with Gasteiger partial charge in [0.2, 0.25) is 5.91 Å². The molecule has 2 aliphatic heterocycles. The molecule has 0 aromatic carbocycles. The van der Waals surface area contributed by atoms with Crippen molar-refractivity contribution in [1.82, 2.24) is 5.32 Å². The van der Waals surface area contributed by atoms with Crippen molar-refractivity contribution in [3.63, 3.8) is 0 Å². The van der Waals surface area contributed by atoms with Crippen molar-refractivity contribution in [2.45, 2.75) is 383 Å². The molecule has 1 amide bonds. The van der Waals surface area contributed by atoms with Gasteiger partial charge in [0.15, 0.2) is 12.6 Å². The SMILES string of the molecule is CC/C=C\C/C=C\C/C=C\C/C=C\C/C=C\C/C=C\CCCCCCCCCCCCCCCCCCCCCCC(=O)NC(COC1OC(CO)C(OC2OC(CO)C(O)C(O)C2O)C(O)C1O)C(O)CCCCCCCCCCCCCCCCCCC. The Morgan fingerprint density at radius 3 is 1.18 bits per heavy atom. The van der Waals surface area contributed by atoms with Crippen LogP contribution in [-0.4, -0.2) is 140 Å². The van der Waals surface area contributed by atoms with Gasteiger partial charge in [0.1, 0.15) is 48.8 Å². The van der Waals surface area contributed by atoms with Crippen LogP contribution in [0.5, 0.6) is 0 Å². The van der Waals surface area contributed by atoms with Crippen LogP contribution < -0.4 is 5.32 Å². The maximum absolute atomic E-state index is 13.4. The number of ether oxygens (including phenoxy) is 4. The third kappa shape index (κ3) is 43.4. The summed E-state index contributed by atoms with van der Waals surface area (Å²) in [4.78, 5) is 13.4. The molecule has 0 saturated carbocycles. The molecule has 12 atom stereocenters. The molecule has 14 heteroatoms.